The summed E-state index contributed by atoms with van der Waals surface area (Å²) in [4.78, 5) is 15.3. The van der Waals surface area contributed by atoms with Crippen LogP contribution < -0.4 is 0 Å². The van der Waals surface area contributed by atoms with Crippen LogP contribution in [-0.2, 0) is 4.74 Å². The van der Waals surface area contributed by atoms with E-state index in [0.29, 0.717) is 5.56 Å². The van der Waals surface area contributed by atoms with Gasteiger partial charge in [-0.1, -0.05) is 11.6 Å². The lowest BCUT2D eigenvalue weighted by Gasteiger charge is -2.08. The molecule has 6 heteroatoms. The van der Waals surface area contributed by atoms with Gasteiger partial charge in [0, 0.05) is 5.56 Å². The summed E-state index contributed by atoms with van der Waals surface area (Å²) in [5, 5.41) is -0.168. The predicted octanol–water partition coefficient (Wildman–Crippen LogP) is 3.47. The Kier molecular flexibility index (Phi) is 3.76. The van der Waals surface area contributed by atoms with Crippen molar-refractivity contribution >= 4 is 17.6 Å². The smallest absolute Gasteiger partial charge is 0.342 e. The fourth-order valence-corrected chi connectivity index (χ4v) is 1.89. The Hall–Kier alpha value is -2.01. The summed E-state index contributed by atoms with van der Waals surface area (Å²) in [7, 11) is 1.12. The minimum absolute atomic E-state index is 0.168. The van der Waals surface area contributed by atoms with Crippen LogP contribution in [0.1, 0.15) is 10.4 Å². The van der Waals surface area contributed by atoms with E-state index in [4.69, 9.17) is 11.6 Å². The number of esters is 1. The fraction of sp³-hybridized carbons (Fsp3) is 0.0769. The van der Waals surface area contributed by atoms with Gasteiger partial charge in [0.2, 0.25) is 0 Å². The second kappa shape index (κ2) is 5.32. The van der Waals surface area contributed by atoms with Gasteiger partial charge in [0.25, 0.3) is 0 Å². The van der Waals surface area contributed by atoms with Crippen LogP contribution >= 0.6 is 11.6 Å². The van der Waals surface area contributed by atoms with Crippen LogP contribution in [0.15, 0.2) is 30.5 Å². The highest BCUT2D eigenvalue weighted by atomic mass is 35.5. The monoisotopic (exact) mass is 283 g/mol. The van der Waals surface area contributed by atoms with Crippen molar-refractivity contribution in [1.29, 1.82) is 0 Å². The van der Waals surface area contributed by atoms with E-state index in [1.54, 1.807) is 0 Å². The molecule has 1 heterocycles. The number of methoxy groups -OCH3 is 1. The summed E-state index contributed by atoms with van der Waals surface area (Å²) in [5.41, 5.74) is 0.263. The lowest BCUT2D eigenvalue weighted by atomic mass is 10.1. The van der Waals surface area contributed by atoms with Crippen LogP contribution in [0.5, 0.6) is 0 Å². The number of benzene rings is 1. The standard InChI is InChI=1S/C13H8ClF2NO2/c1-19-13(18)10-9(16)6-17-12(11(10)14)7-2-4-8(15)5-3-7/h2-6H,1H3. The number of ether oxygens (including phenoxy) is 1. The molecule has 0 aliphatic heterocycles. The molecule has 1 aromatic heterocycles. The van der Waals surface area contributed by atoms with E-state index in [1.165, 1.54) is 24.3 Å². The van der Waals surface area contributed by atoms with E-state index in [1.807, 2.05) is 0 Å². The first kappa shape index (κ1) is 13.4. The van der Waals surface area contributed by atoms with Gasteiger partial charge in [-0.05, 0) is 24.3 Å². The molecule has 0 spiro atoms. The summed E-state index contributed by atoms with van der Waals surface area (Å²) in [6.45, 7) is 0. The maximum atomic E-state index is 13.5. The van der Waals surface area contributed by atoms with Crippen molar-refractivity contribution in [1.82, 2.24) is 4.98 Å². The van der Waals surface area contributed by atoms with Crippen molar-refractivity contribution in [2.75, 3.05) is 7.11 Å². The molecule has 2 rings (SSSR count). The summed E-state index contributed by atoms with van der Waals surface area (Å²) in [6.07, 6.45) is 0.872. The molecule has 0 atom stereocenters. The number of aromatic nitrogens is 1. The molecular weight excluding hydrogens is 276 g/mol. The third kappa shape index (κ3) is 2.56. The van der Waals surface area contributed by atoms with Gasteiger partial charge in [-0.25, -0.2) is 13.6 Å². The molecule has 0 N–H and O–H groups in total. The van der Waals surface area contributed by atoms with E-state index in [2.05, 4.69) is 9.72 Å². The molecule has 0 radical (unpaired) electrons. The SMILES string of the molecule is COC(=O)c1c(F)cnc(-c2ccc(F)cc2)c1Cl. The highest BCUT2D eigenvalue weighted by molar-refractivity contribution is 6.36. The van der Waals surface area contributed by atoms with Crippen LogP contribution in [0.2, 0.25) is 5.02 Å². The molecule has 0 fully saturated rings. The topological polar surface area (TPSA) is 39.2 Å². The van der Waals surface area contributed by atoms with Crippen molar-refractivity contribution in [3.05, 3.63) is 52.7 Å². The first-order valence-corrected chi connectivity index (χ1v) is 5.60. The Morgan fingerprint density at radius 3 is 2.47 bits per heavy atom. The maximum absolute atomic E-state index is 13.5. The van der Waals surface area contributed by atoms with Crippen molar-refractivity contribution in [2.24, 2.45) is 0 Å². The molecule has 98 valence electrons. The molecule has 2 aromatic rings. The van der Waals surface area contributed by atoms with E-state index < -0.39 is 23.2 Å². The van der Waals surface area contributed by atoms with Crippen LogP contribution in [0, 0.1) is 11.6 Å². The summed E-state index contributed by atoms with van der Waals surface area (Å²) in [5.74, 6) is -2.19. The number of rotatable bonds is 2. The molecule has 1 aromatic carbocycles. The number of halogens is 3. The van der Waals surface area contributed by atoms with E-state index >= 15 is 0 Å². The minimum Gasteiger partial charge on any atom is -0.465 e. The van der Waals surface area contributed by atoms with Crippen molar-refractivity contribution < 1.29 is 18.3 Å². The number of pyridine rings is 1. The van der Waals surface area contributed by atoms with Gasteiger partial charge in [0.1, 0.15) is 11.4 Å². The lowest BCUT2D eigenvalue weighted by molar-refractivity contribution is 0.0595. The van der Waals surface area contributed by atoms with E-state index in [0.717, 1.165) is 13.3 Å². The largest absolute Gasteiger partial charge is 0.465 e. The Bertz CT molecular complexity index is 629. The molecule has 0 unspecified atom stereocenters. The van der Waals surface area contributed by atoms with Gasteiger partial charge in [-0.15, -0.1) is 0 Å². The first-order chi connectivity index (χ1) is 9.04. The van der Waals surface area contributed by atoms with Crippen molar-refractivity contribution in [2.45, 2.75) is 0 Å². The zero-order chi connectivity index (χ0) is 14.0. The van der Waals surface area contributed by atoms with Gasteiger partial charge >= 0.3 is 5.97 Å². The van der Waals surface area contributed by atoms with Crippen LogP contribution in [0.25, 0.3) is 11.3 Å². The Labute approximate surface area is 112 Å². The molecule has 0 aliphatic carbocycles. The molecular formula is C13H8ClF2NO2. The normalized spacial score (nSPS) is 10.3. The molecule has 0 saturated carbocycles. The zero-order valence-corrected chi connectivity index (χ0v) is 10.5. The van der Waals surface area contributed by atoms with Crippen molar-refractivity contribution in [3.8, 4) is 11.3 Å². The molecule has 19 heavy (non-hydrogen) atoms. The first-order valence-electron chi connectivity index (χ1n) is 5.23. The van der Waals surface area contributed by atoms with E-state index in [-0.39, 0.29) is 10.7 Å². The number of hydrogen-bond donors (Lipinski definition) is 0. The molecule has 0 amide bonds. The summed E-state index contributed by atoms with van der Waals surface area (Å²) in [6, 6.07) is 5.30. The highest BCUT2D eigenvalue weighted by Crippen LogP contribution is 2.30. The van der Waals surface area contributed by atoms with Gasteiger partial charge in [0.15, 0.2) is 5.82 Å². The average molecular weight is 284 g/mol. The third-order valence-electron chi connectivity index (χ3n) is 2.48. The Morgan fingerprint density at radius 1 is 1.26 bits per heavy atom. The molecule has 0 bridgehead atoms. The number of nitrogens with zero attached hydrogens (tertiary/aromatic N) is 1. The van der Waals surface area contributed by atoms with Crippen LogP contribution in [-0.4, -0.2) is 18.1 Å². The lowest BCUT2D eigenvalue weighted by Crippen LogP contribution is -2.07. The quantitative estimate of drug-likeness (QED) is 0.792. The zero-order valence-electron chi connectivity index (χ0n) is 9.78. The molecule has 0 saturated heterocycles. The fourth-order valence-electron chi connectivity index (χ4n) is 1.56. The maximum Gasteiger partial charge on any atom is 0.342 e. The summed E-state index contributed by atoms with van der Waals surface area (Å²) >= 11 is 5.96. The average Bonchev–Trinajstić information content (AvgIpc) is 2.40. The third-order valence-corrected chi connectivity index (χ3v) is 2.85. The molecule has 3 nitrogen and oxygen atoms in total. The number of carbonyl (C=O) groups is 1. The van der Waals surface area contributed by atoms with Gasteiger partial charge in [-0.2, -0.15) is 0 Å². The van der Waals surface area contributed by atoms with Crippen LogP contribution in [0.4, 0.5) is 8.78 Å². The van der Waals surface area contributed by atoms with Gasteiger partial charge in [0.05, 0.1) is 24.0 Å². The Balaban J connectivity index is 2.60. The van der Waals surface area contributed by atoms with Crippen LogP contribution in [0.3, 0.4) is 0 Å². The van der Waals surface area contributed by atoms with Gasteiger partial charge < -0.3 is 4.74 Å². The van der Waals surface area contributed by atoms with Crippen molar-refractivity contribution in [3.63, 3.8) is 0 Å². The predicted molar refractivity (Wildman–Crippen MR) is 65.9 cm³/mol. The number of carbonyl (C=O) groups excluding carboxylic acids is 1. The minimum atomic E-state index is -0.895. The van der Waals surface area contributed by atoms with E-state index in [9.17, 15) is 13.6 Å². The van der Waals surface area contributed by atoms with Gasteiger partial charge in [-0.3, -0.25) is 4.98 Å². The molecule has 0 aliphatic rings. The second-order valence-corrected chi connectivity index (χ2v) is 4.02. The summed E-state index contributed by atoms with van der Waals surface area (Å²) < 4.78 is 30.8. The second-order valence-electron chi connectivity index (χ2n) is 3.64. The Morgan fingerprint density at radius 2 is 1.89 bits per heavy atom. The number of hydrogen-bond acceptors (Lipinski definition) is 3. The highest BCUT2D eigenvalue weighted by Gasteiger charge is 2.21.